The minimum Gasteiger partial charge on any atom is -0.343 e. The summed E-state index contributed by atoms with van der Waals surface area (Å²) in [5.41, 5.74) is 0.109. The highest BCUT2D eigenvalue weighted by Gasteiger charge is 2.31. The van der Waals surface area contributed by atoms with Crippen LogP contribution >= 0.6 is 11.3 Å². The predicted molar refractivity (Wildman–Crippen MR) is 113 cm³/mol. The summed E-state index contributed by atoms with van der Waals surface area (Å²) in [4.78, 5) is 45.3. The molecule has 0 bridgehead atoms. The van der Waals surface area contributed by atoms with Crippen LogP contribution in [0.1, 0.15) is 47.5 Å². The molecule has 0 saturated carbocycles. The van der Waals surface area contributed by atoms with Gasteiger partial charge in [0.05, 0.1) is 5.92 Å². The number of hydrogen-bond donors (Lipinski definition) is 1. The predicted octanol–water partition coefficient (Wildman–Crippen LogP) is 3.39. The van der Waals surface area contributed by atoms with E-state index in [0.717, 1.165) is 42.4 Å². The number of carbonyl (C=O) groups excluding carboxylic acids is 3. The number of halogens is 2. The summed E-state index contributed by atoms with van der Waals surface area (Å²) in [6.45, 7) is 5.99. The normalized spacial score (nSPS) is 16.1. The molecule has 31 heavy (non-hydrogen) atoms. The Morgan fingerprint density at radius 1 is 1.23 bits per heavy atom. The fourth-order valence-electron chi connectivity index (χ4n) is 3.55. The summed E-state index contributed by atoms with van der Waals surface area (Å²) in [6, 6.07) is 2.83. The average molecular weight is 451 g/mol. The maximum Gasteiger partial charge on any atom is 0.273 e. The molecule has 3 amide bonds. The standard InChI is InChI=1S/C21H24F2N4O3S/c1-3-26(4-2)19(29)14-6-5-9-27(11-14)20(30)17-12-31-21(24-17)25-18(28)13-7-8-15(22)16(23)10-13/h7-8,10,12,14H,3-6,9,11H2,1-2H3,(H,24,25,28)/t14-/m0/s1. The maximum absolute atomic E-state index is 13.3. The van der Waals surface area contributed by atoms with Crippen molar-refractivity contribution in [3.63, 3.8) is 0 Å². The third-order valence-electron chi connectivity index (χ3n) is 5.26. The molecule has 0 radical (unpaired) electrons. The van der Waals surface area contributed by atoms with E-state index in [0.29, 0.717) is 26.2 Å². The van der Waals surface area contributed by atoms with E-state index in [2.05, 4.69) is 10.3 Å². The molecule has 0 spiro atoms. The lowest BCUT2D eigenvalue weighted by molar-refractivity contribution is -0.136. The van der Waals surface area contributed by atoms with Crippen molar-refractivity contribution in [2.24, 2.45) is 5.92 Å². The van der Waals surface area contributed by atoms with Crippen molar-refractivity contribution in [3.05, 3.63) is 46.5 Å². The first kappa shape index (κ1) is 22.8. The van der Waals surface area contributed by atoms with E-state index >= 15 is 0 Å². The highest BCUT2D eigenvalue weighted by molar-refractivity contribution is 7.14. The topological polar surface area (TPSA) is 82.6 Å². The van der Waals surface area contributed by atoms with Gasteiger partial charge in [0.1, 0.15) is 5.69 Å². The molecule has 1 N–H and O–H groups in total. The molecule has 7 nitrogen and oxygen atoms in total. The number of nitrogens with one attached hydrogen (secondary N) is 1. The number of anilines is 1. The third kappa shape index (κ3) is 5.25. The van der Waals surface area contributed by atoms with Crippen molar-refractivity contribution in [2.75, 3.05) is 31.5 Å². The molecule has 1 aliphatic rings. The highest BCUT2D eigenvalue weighted by atomic mass is 32.1. The van der Waals surface area contributed by atoms with Crippen molar-refractivity contribution in [2.45, 2.75) is 26.7 Å². The largest absolute Gasteiger partial charge is 0.343 e. The Bertz CT molecular complexity index is 977. The molecule has 1 aromatic carbocycles. The summed E-state index contributed by atoms with van der Waals surface area (Å²) in [6.07, 6.45) is 1.47. The van der Waals surface area contributed by atoms with Gasteiger partial charge < -0.3 is 9.80 Å². The van der Waals surface area contributed by atoms with Crippen molar-refractivity contribution in [1.82, 2.24) is 14.8 Å². The minimum atomic E-state index is -1.12. The zero-order valence-corrected chi connectivity index (χ0v) is 18.2. The van der Waals surface area contributed by atoms with Gasteiger partial charge >= 0.3 is 0 Å². The molecule has 1 atom stereocenters. The van der Waals surface area contributed by atoms with Crippen LogP contribution in [0.3, 0.4) is 0 Å². The summed E-state index contributed by atoms with van der Waals surface area (Å²) < 4.78 is 26.4. The van der Waals surface area contributed by atoms with Crippen LogP contribution in [0.4, 0.5) is 13.9 Å². The second kappa shape index (κ2) is 9.95. The van der Waals surface area contributed by atoms with Gasteiger partial charge in [-0.05, 0) is 44.9 Å². The maximum atomic E-state index is 13.3. The SMILES string of the molecule is CCN(CC)C(=O)[C@H]1CCCN(C(=O)c2csc(NC(=O)c3ccc(F)c(F)c3)n2)C1. The molecule has 10 heteroatoms. The van der Waals surface area contributed by atoms with Crippen LogP contribution in [0.15, 0.2) is 23.6 Å². The van der Waals surface area contributed by atoms with E-state index in [1.165, 1.54) is 5.38 Å². The van der Waals surface area contributed by atoms with Gasteiger partial charge in [-0.2, -0.15) is 0 Å². The fourth-order valence-corrected chi connectivity index (χ4v) is 4.23. The quantitative estimate of drug-likeness (QED) is 0.731. The van der Waals surface area contributed by atoms with Crippen molar-refractivity contribution in [3.8, 4) is 0 Å². The van der Waals surface area contributed by atoms with Gasteiger partial charge in [0.15, 0.2) is 16.8 Å². The Morgan fingerprint density at radius 3 is 2.65 bits per heavy atom. The summed E-state index contributed by atoms with van der Waals surface area (Å²) >= 11 is 1.06. The van der Waals surface area contributed by atoms with Crippen LogP contribution in [-0.2, 0) is 4.79 Å². The number of aromatic nitrogens is 1. The molecule has 0 unspecified atom stereocenters. The number of thiazole rings is 1. The average Bonchev–Trinajstić information content (AvgIpc) is 3.24. The van der Waals surface area contributed by atoms with Crippen molar-refractivity contribution in [1.29, 1.82) is 0 Å². The van der Waals surface area contributed by atoms with E-state index in [4.69, 9.17) is 0 Å². The third-order valence-corrected chi connectivity index (χ3v) is 6.02. The molecule has 1 saturated heterocycles. The minimum absolute atomic E-state index is 0.0558. The van der Waals surface area contributed by atoms with Crippen molar-refractivity contribution >= 4 is 34.2 Å². The van der Waals surface area contributed by atoms with Gasteiger partial charge in [-0.1, -0.05) is 0 Å². The molecule has 0 aliphatic carbocycles. The fraction of sp³-hybridized carbons (Fsp3) is 0.429. The van der Waals surface area contributed by atoms with Gasteiger partial charge in [0, 0.05) is 37.1 Å². The second-order valence-electron chi connectivity index (χ2n) is 7.22. The van der Waals surface area contributed by atoms with E-state index in [-0.39, 0.29) is 34.1 Å². The van der Waals surface area contributed by atoms with Gasteiger partial charge in [-0.25, -0.2) is 13.8 Å². The Balaban J connectivity index is 1.64. The molecular formula is C21H24F2N4O3S. The number of amides is 3. The molecule has 2 aromatic rings. The van der Waals surface area contributed by atoms with Crippen LogP contribution in [0.5, 0.6) is 0 Å². The zero-order valence-electron chi connectivity index (χ0n) is 17.4. The van der Waals surface area contributed by atoms with Crippen LogP contribution in [0.25, 0.3) is 0 Å². The summed E-state index contributed by atoms with van der Waals surface area (Å²) in [5.74, 6) is -3.31. The number of hydrogen-bond acceptors (Lipinski definition) is 5. The molecule has 2 heterocycles. The van der Waals surface area contributed by atoms with Crippen molar-refractivity contribution < 1.29 is 23.2 Å². The summed E-state index contributed by atoms with van der Waals surface area (Å²) in [5, 5.41) is 4.19. The van der Waals surface area contributed by atoms with E-state index < -0.39 is 17.5 Å². The molecule has 1 aliphatic heterocycles. The molecule has 166 valence electrons. The Kier molecular flexibility index (Phi) is 7.32. The zero-order chi connectivity index (χ0) is 22.5. The van der Waals surface area contributed by atoms with Gasteiger partial charge in [0.2, 0.25) is 5.91 Å². The molecule has 1 aromatic heterocycles. The van der Waals surface area contributed by atoms with Gasteiger partial charge in [-0.15, -0.1) is 11.3 Å². The van der Waals surface area contributed by atoms with Crippen LogP contribution in [0, 0.1) is 17.6 Å². The molecule has 1 fully saturated rings. The number of carbonyl (C=O) groups is 3. The molecular weight excluding hydrogens is 426 g/mol. The Labute approximate surface area is 183 Å². The molecule has 3 rings (SSSR count). The number of rotatable bonds is 6. The first-order chi connectivity index (χ1) is 14.8. The number of nitrogens with zero attached hydrogens (tertiary/aromatic N) is 3. The number of likely N-dealkylation sites (tertiary alicyclic amines) is 1. The smallest absolute Gasteiger partial charge is 0.273 e. The summed E-state index contributed by atoms with van der Waals surface area (Å²) in [7, 11) is 0. The first-order valence-electron chi connectivity index (χ1n) is 10.1. The van der Waals surface area contributed by atoms with Crippen LogP contribution in [-0.4, -0.2) is 58.7 Å². The lowest BCUT2D eigenvalue weighted by Gasteiger charge is -2.34. The monoisotopic (exact) mass is 450 g/mol. The van der Waals surface area contributed by atoms with Crippen LogP contribution in [0.2, 0.25) is 0 Å². The van der Waals surface area contributed by atoms with Gasteiger partial charge in [0.25, 0.3) is 11.8 Å². The lowest BCUT2D eigenvalue weighted by Crippen LogP contribution is -2.46. The van der Waals surface area contributed by atoms with Crippen LogP contribution < -0.4 is 5.32 Å². The van der Waals surface area contributed by atoms with E-state index in [9.17, 15) is 23.2 Å². The van der Waals surface area contributed by atoms with E-state index in [1.54, 1.807) is 9.80 Å². The Morgan fingerprint density at radius 2 is 1.97 bits per heavy atom. The first-order valence-corrected chi connectivity index (χ1v) is 11.0. The van der Waals surface area contributed by atoms with Gasteiger partial charge in [-0.3, -0.25) is 19.7 Å². The lowest BCUT2D eigenvalue weighted by atomic mass is 9.96. The van der Waals surface area contributed by atoms with E-state index in [1.807, 2.05) is 13.8 Å². The highest BCUT2D eigenvalue weighted by Crippen LogP contribution is 2.23. The second-order valence-corrected chi connectivity index (χ2v) is 8.08. The number of benzene rings is 1. The Hall–Kier alpha value is -2.88. The number of piperidine rings is 1.